The van der Waals surface area contributed by atoms with Crippen molar-refractivity contribution in [3.8, 4) is 0 Å². The minimum absolute atomic E-state index is 0.190. The molecule has 2 aromatic rings. The fourth-order valence-electron chi connectivity index (χ4n) is 1.75. The number of halogens is 1. The summed E-state index contributed by atoms with van der Waals surface area (Å²) in [6.07, 6.45) is -0.500. The molecule has 0 saturated heterocycles. The molecule has 0 radical (unpaired) electrons. The third kappa shape index (κ3) is 4.88. The monoisotopic (exact) mass is 305 g/mol. The zero-order valence-electron chi connectivity index (χ0n) is 11.5. The number of carbonyl (C=O) groups excluding carboxylic acids is 1. The molecular weight excluding hydrogens is 289 g/mol. The predicted molar refractivity (Wildman–Crippen MR) is 82.8 cm³/mol. The third-order valence-electron chi connectivity index (χ3n) is 2.84. The highest BCUT2D eigenvalue weighted by atomic mass is 32.2. The number of thioether (sulfide) groups is 1. The number of hydrogen-bond donors (Lipinski definition) is 2. The average Bonchev–Trinajstić information content (AvgIpc) is 2.45. The summed E-state index contributed by atoms with van der Waals surface area (Å²) in [6, 6.07) is 13.2. The van der Waals surface area contributed by atoms with E-state index in [1.807, 2.05) is 24.3 Å². The molecule has 0 fully saturated rings. The lowest BCUT2D eigenvalue weighted by molar-refractivity contribution is -0.113. The molecule has 0 spiro atoms. The van der Waals surface area contributed by atoms with E-state index in [4.69, 9.17) is 0 Å². The second-order valence-electron chi connectivity index (χ2n) is 4.59. The summed E-state index contributed by atoms with van der Waals surface area (Å²) in [6.45, 7) is 1.70. The van der Waals surface area contributed by atoms with E-state index in [0.717, 1.165) is 10.5 Å². The van der Waals surface area contributed by atoms with E-state index < -0.39 is 6.10 Å². The molecule has 0 aliphatic rings. The van der Waals surface area contributed by atoms with Crippen LogP contribution >= 0.6 is 11.8 Å². The van der Waals surface area contributed by atoms with Gasteiger partial charge in [-0.2, -0.15) is 0 Å². The first-order valence-electron chi connectivity index (χ1n) is 6.51. The average molecular weight is 305 g/mol. The van der Waals surface area contributed by atoms with Crippen molar-refractivity contribution in [3.63, 3.8) is 0 Å². The Kier molecular flexibility index (Phi) is 5.36. The van der Waals surface area contributed by atoms with Gasteiger partial charge >= 0.3 is 0 Å². The molecule has 1 unspecified atom stereocenters. The SMILES string of the molecule is CC(O)c1ccc(SCC(=O)Nc2cccc(F)c2)cc1. The largest absolute Gasteiger partial charge is 0.389 e. The predicted octanol–water partition coefficient (Wildman–Crippen LogP) is 3.61. The Morgan fingerprint density at radius 3 is 2.62 bits per heavy atom. The number of rotatable bonds is 5. The van der Waals surface area contributed by atoms with Gasteiger partial charge in [0.1, 0.15) is 5.82 Å². The highest BCUT2D eigenvalue weighted by Crippen LogP contribution is 2.21. The fraction of sp³-hybridized carbons (Fsp3) is 0.188. The third-order valence-corrected chi connectivity index (χ3v) is 3.85. The first kappa shape index (κ1) is 15.5. The van der Waals surface area contributed by atoms with Crippen LogP contribution in [0, 0.1) is 5.82 Å². The normalized spacial score (nSPS) is 12.0. The summed E-state index contributed by atoms with van der Waals surface area (Å²) in [5, 5.41) is 12.1. The van der Waals surface area contributed by atoms with Crippen molar-refractivity contribution in [2.45, 2.75) is 17.9 Å². The van der Waals surface area contributed by atoms with Crippen molar-refractivity contribution in [1.29, 1.82) is 0 Å². The molecule has 110 valence electrons. The van der Waals surface area contributed by atoms with Crippen molar-refractivity contribution in [2.24, 2.45) is 0 Å². The number of carbonyl (C=O) groups is 1. The van der Waals surface area contributed by atoms with Crippen molar-refractivity contribution >= 4 is 23.4 Å². The van der Waals surface area contributed by atoms with Crippen molar-refractivity contribution in [1.82, 2.24) is 0 Å². The minimum Gasteiger partial charge on any atom is -0.389 e. The lowest BCUT2D eigenvalue weighted by atomic mass is 10.1. The Bertz CT molecular complexity index is 614. The summed E-state index contributed by atoms with van der Waals surface area (Å²) in [4.78, 5) is 12.7. The Morgan fingerprint density at radius 1 is 1.29 bits per heavy atom. The van der Waals surface area contributed by atoms with Crippen LogP contribution in [0.1, 0.15) is 18.6 Å². The van der Waals surface area contributed by atoms with E-state index in [1.165, 1.54) is 23.9 Å². The number of anilines is 1. The van der Waals surface area contributed by atoms with Gasteiger partial charge in [0, 0.05) is 10.6 Å². The molecule has 5 heteroatoms. The van der Waals surface area contributed by atoms with Gasteiger partial charge in [-0.05, 0) is 42.8 Å². The van der Waals surface area contributed by atoms with Crippen LogP contribution in [-0.2, 0) is 4.79 Å². The molecule has 0 bridgehead atoms. The lowest BCUT2D eigenvalue weighted by Crippen LogP contribution is -2.14. The molecule has 0 aliphatic heterocycles. The number of aliphatic hydroxyl groups excluding tert-OH is 1. The Balaban J connectivity index is 1.86. The maximum Gasteiger partial charge on any atom is 0.234 e. The number of nitrogens with one attached hydrogen (secondary N) is 1. The van der Waals surface area contributed by atoms with E-state index in [2.05, 4.69) is 5.32 Å². The zero-order chi connectivity index (χ0) is 15.2. The van der Waals surface area contributed by atoms with Crippen LogP contribution in [0.2, 0.25) is 0 Å². The van der Waals surface area contributed by atoms with Crippen molar-refractivity contribution < 1.29 is 14.3 Å². The number of amides is 1. The molecule has 3 nitrogen and oxygen atoms in total. The lowest BCUT2D eigenvalue weighted by Gasteiger charge is -2.07. The first-order valence-corrected chi connectivity index (χ1v) is 7.49. The summed E-state index contributed by atoms with van der Waals surface area (Å²) in [7, 11) is 0. The van der Waals surface area contributed by atoms with Crippen LogP contribution in [0.25, 0.3) is 0 Å². The van der Waals surface area contributed by atoms with E-state index in [-0.39, 0.29) is 17.5 Å². The van der Waals surface area contributed by atoms with Crippen LogP contribution < -0.4 is 5.32 Å². The van der Waals surface area contributed by atoms with Gasteiger partial charge in [0.15, 0.2) is 0 Å². The second-order valence-corrected chi connectivity index (χ2v) is 5.64. The zero-order valence-corrected chi connectivity index (χ0v) is 12.4. The molecule has 2 rings (SSSR count). The highest BCUT2D eigenvalue weighted by molar-refractivity contribution is 8.00. The Labute approximate surface area is 127 Å². The second kappa shape index (κ2) is 7.24. The quantitative estimate of drug-likeness (QED) is 0.830. The first-order chi connectivity index (χ1) is 10.0. The Hall–Kier alpha value is -1.85. The standard InChI is InChI=1S/C16H16FNO2S/c1-11(19)12-5-7-15(8-6-12)21-10-16(20)18-14-4-2-3-13(17)9-14/h2-9,11,19H,10H2,1H3,(H,18,20). The molecule has 0 heterocycles. The summed E-state index contributed by atoms with van der Waals surface area (Å²) in [5.41, 5.74) is 1.29. The fourth-order valence-corrected chi connectivity index (χ4v) is 2.45. The molecular formula is C16H16FNO2S. The van der Waals surface area contributed by atoms with Crippen LogP contribution in [0.15, 0.2) is 53.4 Å². The van der Waals surface area contributed by atoms with Crippen LogP contribution in [0.3, 0.4) is 0 Å². The number of benzene rings is 2. The summed E-state index contributed by atoms with van der Waals surface area (Å²) >= 11 is 1.38. The van der Waals surface area contributed by atoms with Gasteiger partial charge in [-0.1, -0.05) is 18.2 Å². The number of hydrogen-bond acceptors (Lipinski definition) is 3. The molecule has 1 atom stereocenters. The van der Waals surface area contributed by atoms with Crippen molar-refractivity contribution in [3.05, 3.63) is 59.9 Å². The molecule has 1 amide bonds. The van der Waals surface area contributed by atoms with Gasteiger partial charge < -0.3 is 10.4 Å². The molecule has 2 N–H and O–H groups in total. The molecule has 0 aromatic heterocycles. The highest BCUT2D eigenvalue weighted by Gasteiger charge is 2.05. The van der Waals surface area contributed by atoms with Gasteiger partial charge in [-0.3, -0.25) is 4.79 Å². The number of aliphatic hydroxyl groups is 1. The minimum atomic E-state index is -0.500. The summed E-state index contributed by atoms with van der Waals surface area (Å²) in [5.74, 6) is -0.329. The van der Waals surface area contributed by atoms with Gasteiger partial charge in [0.05, 0.1) is 11.9 Å². The Morgan fingerprint density at radius 2 is 2.00 bits per heavy atom. The maximum atomic E-state index is 13.0. The summed E-state index contributed by atoms with van der Waals surface area (Å²) < 4.78 is 13.0. The molecule has 0 aliphatic carbocycles. The van der Waals surface area contributed by atoms with Gasteiger partial charge in [-0.15, -0.1) is 11.8 Å². The van der Waals surface area contributed by atoms with Crippen LogP contribution in [0.4, 0.5) is 10.1 Å². The topological polar surface area (TPSA) is 49.3 Å². The smallest absolute Gasteiger partial charge is 0.234 e. The van der Waals surface area contributed by atoms with Crippen LogP contribution in [-0.4, -0.2) is 16.8 Å². The van der Waals surface area contributed by atoms with Crippen molar-refractivity contribution in [2.75, 3.05) is 11.1 Å². The maximum absolute atomic E-state index is 13.0. The van der Waals surface area contributed by atoms with E-state index in [1.54, 1.807) is 19.1 Å². The molecule has 2 aromatic carbocycles. The molecule has 0 saturated carbocycles. The van der Waals surface area contributed by atoms with Gasteiger partial charge in [0.25, 0.3) is 0 Å². The molecule has 21 heavy (non-hydrogen) atoms. The van der Waals surface area contributed by atoms with E-state index in [9.17, 15) is 14.3 Å². The van der Waals surface area contributed by atoms with Gasteiger partial charge in [0.2, 0.25) is 5.91 Å². The van der Waals surface area contributed by atoms with E-state index >= 15 is 0 Å². The van der Waals surface area contributed by atoms with E-state index in [0.29, 0.717) is 5.69 Å². The van der Waals surface area contributed by atoms with Crippen LogP contribution in [0.5, 0.6) is 0 Å². The van der Waals surface area contributed by atoms with Gasteiger partial charge in [-0.25, -0.2) is 4.39 Å².